The molecule has 0 saturated carbocycles. The van der Waals surface area contributed by atoms with Crippen LogP contribution in [0.2, 0.25) is 0 Å². The molecule has 1 fully saturated rings. The minimum absolute atomic E-state index is 0.181. The van der Waals surface area contributed by atoms with Crippen molar-refractivity contribution < 1.29 is 4.52 Å². The first kappa shape index (κ1) is 13.2. The van der Waals surface area contributed by atoms with Crippen LogP contribution in [0.3, 0.4) is 0 Å². The van der Waals surface area contributed by atoms with Crippen LogP contribution in [0.15, 0.2) is 20.4 Å². The molecule has 2 aromatic rings. The number of hydrogen-bond donors (Lipinski definition) is 1. The van der Waals surface area contributed by atoms with Gasteiger partial charge < -0.3 is 15.2 Å². The van der Waals surface area contributed by atoms with Gasteiger partial charge in [-0.3, -0.25) is 0 Å². The molecule has 0 aliphatic carbocycles. The molecule has 0 radical (unpaired) electrons. The highest BCUT2D eigenvalue weighted by atomic mass is 79.9. The Labute approximate surface area is 123 Å². The lowest BCUT2D eigenvalue weighted by atomic mass is 10.3. The summed E-state index contributed by atoms with van der Waals surface area (Å²) in [6.45, 7) is 3.04. The van der Waals surface area contributed by atoms with E-state index < -0.39 is 0 Å². The molecule has 3 heterocycles. The molecule has 5 nitrogen and oxygen atoms in total. The van der Waals surface area contributed by atoms with E-state index in [-0.39, 0.29) is 6.04 Å². The minimum Gasteiger partial charge on any atom is -0.333 e. The van der Waals surface area contributed by atoms with Gasteiger partial charge in [-0.15, -0.1) is 11.3 Å². The van der Waals surface area contributed by atoms with Gasteiger partial charge in [0.15, 0.2) is 5.82 Å². The first-order chi connectivity index (χ1) is 9.22. The molecule has 2 aromatic heterocycles. The number of aromatic nitrogens is 2. The second kappa shape index (κ2) is 5.70. The van der Waals surface area contributed by atoms with E-state index in [0.717, 1.165) is 28.3 Å². The van der Waals surface area contributed by atoms with Crippen LogP contribution in [0.5, 0.6) is 0 Å². The topological polar surface area (TPSA) is 68.2 Å². The van der Waals surface area contributed by atoms with Crippen LogP contribution in [0.4, 0.5) is 0 Å². The molecule has 0 amide bonds. The average molecular weight is 343 g/mol. The molecule has 1 aliphatic rings. The second-order valence-electron chi connectivity index (χ2n) is 4.68. The molecule has 102 valence electrons. The van der Waals surface area contributed by atoms with Gasteiger partial charge in [0.2, 0.25) is 0 Å². The first-order valence-electron chi connectivity index (χ1n) is 6.29. The first-order valence-corrected chi connectivity index (χ1v) is 7.90. The minimum atomic E-state index is -0.181. The summed E-state index contributed by atoms with van der Waals surface area (Å²) in [5.74, 6) is 1.13. The highest BCUT2D eigenvalue weighted by Gasteiger charge is 2.20. The van der Waals surface area contributed by atoms with Gasteiger partial charge in [-0.1, -0.05) is 5.16 Å². The van der Waals surface area contributed by atoms with Crippen molar-refractivity contribution in [1.29, 1.82) is 0 Å². The van der Waals surface area contributed by atoms with Crippen LogP contribution < -0.4 is 5.73 Å². The molecule has 1 atom stereocenters. The van der Waals surface area contributed by atoms with Crippen LogP contribution in [-0.4, -0.2) is 34.7 Å². The maximum absolute atomic E-state index is 6.14. The van der Waals surface area contributed by atoms with Gasteiger partial charge in [0.25, 0.3) is 5.89 Å². The van der Waals surface area contributed by atoms with E-state index in [4.69, 9.17) is 10.3 Å². The summed E-state index contributed by atoms with van der Waals surface area (Å²) in [4.78, 5) is 7.70. The van der Waals surface area contributed by atoms with Gasteiger partial charge in [-0.25, -0.2) is 0 Å². The summed E-state index contributed by atoms with van der Waals surface area (Å²) in [5.41, 5.74) is 6.14. The Morgan fingerprint density at radius 2 is 2.21 bits per heavy atom. The van der Waals surface area contributed by atoms with Gasteiger partial charge in [-0.2, -0.15) is 4.98 Å². The number of likely N-dealkylation sites (tertiary alicyclic amines) is 1. The van der Waals surface area contributed by atoms with Crippen molar-refractivity contribution >= 4 is 27.3 Å². The predicted molar refractivity (Wildman–Crippen MR) is 77.9 cm³/mol. The number of nitrogens with two attached hydrogens (primary N) is 1. The summed E-state index contributed by atoms with van der Waals surface area (Å²) >= 11 is 4.99. The Hall–Kier alpha value is -0.760. The monoisotopic (exact) mass is 342 g/mol. The average Bonchev–Trinajstić information content (AvgIpc) is 3.07. The van der Waals surface area contributed by atoms with Gasteiger partial charge in [0.05, 0.1) is 14.7 Å². The number of thiophene rings is 1. The van der Waals surface area contributed by atoms with Crippen molar-refractivity contribution in [3.8, 4) is 10.8 Å². The lowest BCUT2D eigenvalue weighted by molar-refractivity contribution is 0.306. The molecular weight excluding hydrogens is 328 g/mol. The summed E-state index contributed by atoms with van der Waals surface area (Å²) in [5, 5.41) is 4.00. The van der Waals surface area contributed by atoms with E-state index >= 15 is 0 Å². The molecule has 1 saturated heterocycles. The van der Waals surface area contributed by atoms with Crippen molar-refractivity contribution in [2.24, 2.45) is 5.73 Å². The predicted octanol–water partition coefficient (Wildman–Crippen LogP) is 2.66. The normalized spacial score (nSPS) is 18.0. The van der Waals surface area contributed by atoms with Gasteiger partial charge in [0.1, 0.15) is 0 Å². The Bertz CT molecular complexity index is 549. The fraction of sp³-hybridized carbons (Fsp3) is 0.500. The Morgan fingerprint density at radius 3 is 2.89 bits per heavy atom. The van der Waals surface area contributed by atoms with E-state index in [0.29, 0.717) is 11.7 Å². The molecule has 19 heavy (non-hydrogen) atoms. The third-order valence-corrected chi connectivity index (χ3v) is 4.82. The molecule has 0 bridgehead atoms. The van der Waals surface area contributed by atoms with Crippen LogP contribution in [0.1, 0.15) is 24.7 Å². The van der Waals surface area contributed by atoms with Crippen LogP contribution >= 0.6 is 27.3 Å². The molecular formula is C12H15BrN4OS. The SMILES string of the molecule is NC(CN1CCCC1)c1noc(-c2ccc(Br)s2)n1. The quantitative estimate of drug-likeness (QED) is 0.924. The van der Waals surface area contributed by atoms with Crippen molar-refractivity contribution in [2.75, 3.05) is 19.6 Å². The van der Waals surface area contributed by atoms with Gasteiger partial charge in [0, 0.05) is 6.54 Å². The second-order valence-corrected chi connectivity index (χ2v) is 7.14. The zero-order valence-electron chi connectivity index (χ0n) is 10.4. The Kier molecular flexibility index (Phi) is 3.97. The lowest BCUT2D eigenvalue weighted by Gasteiger charge is -2.17. The van der Waals surface area contributed by atoms with Crippen LogP contribution in [0, 0.1) is 0 Å². The molecule has 1 unspecified atom stereocenters. The summed E-state index contributed by atoms with van der Waals surface area (Å²) in [6, 6.07) is 3.74. The number of halogens is 1. The summed E-state index contributed by atoms with van der Waals surface area (Å²) < 4.78 is 6.32. The maximum Gasteiger partial charge on any atom is 0.268 e. The molecule has 7 heteroatoms. The molecule has 0 spiro atoms. The molecule has 3 rings (SSSR count). The maximum atomic E-state index is 6.14. The fourth-order valence-electron chi connectivity index (χ4n) is 2.24. The number of hydrogen-bond acceptors (Lipinski definition) is 6. The molecule has 2 N–H and O–H groups in total. The van der Waals surface area contributed by atoms with E-state index in [9.17, 15) is 0 Å². The summed E-state index contributed by atoms with van der Waals surface area (Å²) in [7, 11) is 0. The van der Waals surface area contributed by atoms with E-state index in [2.05, 4.69) is 31.0 Å². The Morgan fingerprint density at radius 1 is 1.42 bits per heavy atom. The third-order valence-electron chi connectivity index (χ3n) is 3.21. The largest absolute Gasteiger partial charge is 0.333 e. The van der Waals surface area contributed by atoms with Crippen molar-refractivity contribution in [3.63, 3.8) is 0 Å². The van der Waals surface area contributed by atoms with Crippen LogP contribution in [-0.2, 0) is 0 Å². The van der Waals surface area contributed by atoms with E-state index in [1.807, 2.05) is 12.1 Å². The molecule has 0 aromatic carbocycles. The van der Waals surface area contributed by atoms with E-state index in [1.165, 1.54) is 12.8 Å². The highest BCUT2D eigenvalue weighted by Crippen LogP contribution is 2.30. The van der Waals surface area contributed by atoms with E-state index in [1.54, 1.807) is 11.3 Å². The third kappa shape index (κ3) is 3.05. The number of rotatable bonds is 4. The van der Waals surface area contributed by atoms with Crippen LogP contribution in [0.25, 0.3) is 10.8 Å². The molecule has 1 aliphatic heterocycles. The fourth-order valence-corrected chi connectivity index (χ4v) is 3.55. The number of nitrogens with zero attached hydrogens (tertiary/aromatic N) is 3. The van der Waals surface area contributed by atoms with Gasteiger partial charge >= 0.3 is 0 Å². The summed E-state index contributed by atoms with van der Waals surface area (Å²) in [6.07, 6.45) is 2.51. The van der Waals surface area contributed by atoms with Crippen molar-refractivity contribution in [3.05, 3.63) is 21.7 Å². The lowest BCUT2D eigenvalue weighted by Crippen LogP contribution is -2.30. The smallest absolute Gasteiger partial charge is 0.268 e. The standard InChI is InChI=1S/C12H15BrN4OS/c13-10-4-3-9(19-10)12-15-11(16-18-12)8(14)7-17-5-1-2-6-17/h3-4,8H,1-2,5-7,14H2. The zero-order chi connectivity index (χ0) is 13.2. The highest BCUT2D eigenvalue weighted by molar-refractivity contribution is 9.11. The zero-order valence-corrected chi connectivity index (χ0v) is 12.8. The van der Waals surface area contributed by atoms with Gasteiger partial charge in [-0.05, 0) is 54.0 Å². The Balaban J connectivity index is 1.69. The van der Waals surface area contributed by atoms with Crippen molar-refractivity contribution in [2.45, 2.75) is 18.9 Å². The van der Waals surface area contributed by atoms with Crippen molar-refractivity contribution in [1.82, 2.24) is 15.0 Å².